The van der Waals surface area contributed by atoms with E-state index in [4.69, 9.17) is 9.47 Å². The minimum atomic E-state index is -0.714. The van der Waals surface area contributed by atoms with Crippen LogP contribution in [0.3, 0.4) is 0 Å². The lowest BCUT2D eigenvalue weighted by molar-refractivity contribution is -0.157. The Hall–Kier alpha value is -1.30. The summed E-state index contributed by atoms with van der Waals surface area (Å²) in [7, 11) is 2.00. The van der Waals surface area contributed by atoms with E-state index in [1.165, 1.54) is 25.7 Å². The zero-order chi connectivity index (χ0) is 21.0. The summed E-state index contributed by atoms with van der Waals surface area (Å²) in [6, 6.07) is 0. The highest BCUT2D eigenvalue weighted by Crippen LogP contribution is 2.52. The first-order chi connectivity index (χ1) is 13.4. The van der Waals surface area contributed by atoms with Gasteiger partial charge in [0.2, 0.25) is 0 Å². The highest BCUT2D eigenvalue weighted by molar-refractivity contribution is 5.81. The van der Waals surface area contributed by atoms with Gasteiger partial charge < -0.3 is 19.7 Å². The largest absolute Gasteiger partial charge is 0.462 e. The van der Waals surface area contributed by atoms with Gasteiger partial charge in [-0.25, -0.2) is 4.79 Å². The number of ether oxygens (including phenoxy) is 2. The fraction of sp³-hybridized carbons (Fsp3) is 0.818. The number of hydrogen-bond acceptors (Lipinski definition) is 5. The van der Waals surface area contributed by atoms with Gasteiger partial charge in [0.05, 0.1) is 0 Å². The summed E-state index contributed by atoms with van der Waals surface area (Å²) in [6.45, 7) is 13.7. The van der Waals surface area contributed by atoms with E-state index >= 15 is 0 Å². The maximum atomic E-state index is 12.6. The molecule has 1 unspecified atom stereocenters. The number of likely N-dealkylation sites (N-methyl/N-ethyl adjacent to an activating group) is 1. The van der Waals surface area contributed by atoms with Crippen LogP contribution < -0.4 is 5.32 Å². The first-order valence-electron chi connectivity index (χ1n) is 10.9. The molecule has 28 heavy (non-hydrogen) atoms. The third-order valence-corrected chi connectivity index (χ3v) is 5.46. The van der Waals surface area contributed by atoms with Crippen LogP contribution in [0.5, 0.6) is 0 Å². The Labute approximate surface area is 171 Å². The molecule has 0 saturated heterocycles. The third kappa shape index (κ3) is 8.80. The zero-order valence-corrected chi connectivity index (χ0v) is 18.1. The second kappa shape index (κ2) is 13.0. The average molecular weight is 397 g/mol. The van der Waals surface area contributed by atoms with Crippen LogP contribution in [-0.2, 0) is 14.3 Å². The number of esters is 1. The van der Waals surface area contributed by atoms with Crippen molar-refractivity contribution in [3.8, 4) is 0 Å². The summed E-state index contributed by atoms with van der Waals surface area (Å²) in [4.78, 5) is 27.0. The van der Waals surface area contributed by atoms with Crippen molar-refractivity contribution in [3.63, 3.8) is 0 Å². The molecule has 1 aliphatic carbocycles. The van der Waals surface area contributed by atoms with Gasteiger partial charge in [0, 0.05) is 13.1 Å². The summed E-state index contributed by atoms with van der Waals surface area (Å²) in [5.74, 6) is -0.336. The molecule has 0 bridgehead atoms. The van der Waals surface area contributed by atoms with Gasteiger partial charge in [0.25, 0.3) is 0 Å². The smallest absolute Gasteiger partial charge is 0.407 e. The van der Waals surface area contributed by atoms with Crippen LogP contribution in [0, 0.1) is 19.3 Å². The van der Waals surface area contributed by atoms with Gasteiger partial charge in [0.15, 0.2) is 0 Å². The topological polar surface area (TPSA) is 67.9 Å². The van der Waals surface area contributed by atoms with E-state index < -0.39 is 23.7 Å². The number of nitrogens with zero attached hydrogens (tertiary/aromatic N) is 1. The van der Waals surface area contributed by atoms with Gasteiger partial charge in [0.1, 0.15) is 17.6 Å². The number of unbranched alkanes of at least 4 members (excludes halogenated alkanes) is 5. The van der Waals surface area contributed by atoms with Crippen LogP contribution in [0.15, 0.2) is 0 Å². The van der Waals surface area contributed by atoms with Crippen molar-refractivity contribution in [2.75, 3.05) is 26.7 Å². The van der Waals surface area contributed by atoms with Gasteiger partial charge in [-0.15, -0.1) is 0 Å². The molecule has 0 spiro atoms. The number of hydrogen-bond donors (Lipinski definition) is 1. The van der Waals surface area contributed by atoms with Crippen LogP contribution in [0.4, 0.5) is 4.79 Å². The minimum Gasteiger partial charge on any atom is -0.462 e. The van der Waals surface area contributed by atoms with Gasteiger partial charge >= 0.3 is 12.1 Å². The molecule has 1 N–H and O–H groups in total. The van der Waals surface area contributed by atoms with Gasteiger partial charge in [-0.05, 0) is 53.1 Å². The summed E-state index contributed by atoms with van der Waals surface area (Å²) in [5, 5.41) is 2.80. The first-order valence-corrected chi connectivity index (χ1v) is 10.9. The number of carbonyl (C=O) groups excluding carboxylic acids is 2. The molecule has 1 fully saturated rings. The molecule has 1 aliphatic rings. The van der Waals surface area contributed by atoms with Crippen LogP contribution in [-0.4, -0.2) is 55.9 Å². The van der Waals surface area contributed by atoms with E-state index in [1.54, 1.807) is 0 Å². The molecule has 2 radical (unpaired) electrons. The molecule has 1 atom stereocenters. The van der Waals surface area contributed by atoms with E-state index in [9.17, 15) is 9.59 Å². The fourth-order valence-electron chi connectivity index (χ4n) is 3.30. The Morgan fingerprint density at radius 1 is 1.07 bits per heavy atom. The third-order valence-electron chi connectivity index (χ3n) is 5.46. The second-order valence-corrected chi connectivity index (χ2v) is 7.96. The molecule has 1 rings (SSSR count). The van der Waals surface area contributed by atoms with E-state index in [-0.39, 0.29) is 5.97 Å². The molecule has 0 aromatic rings. The Morgan fingerprint density at radius 3 is 2.29 bits per heavy atom. The van der Waals surface area contributed by atoms with Crippen molar-refractivity contribution in [3.05, 3.63) is 13.8 Å². The summed E-state index contributed by atoms with van der Waals surface area (Å²) in [6.07, 6.45) is 7.38. The monoisotopic (exact) mass is 396 g/mol. The van der Waals surface area contributed by atoms with E-state index in [1.807, 2.05) is 7.05 Å². The summed E-state index contributed by atoms with van der Waals surface area (Å²) < 4.78 is 11.0. The highest BCUT2D eigenvalue weighted by Gasteiger charge is 2.59. The number of rotatable bonds is 15. The zero-order valence-electron chi connectivity index (χ0n) is 18.1. The Bertz CT molecular complexity index is 463. The number of carbonyl (C=O) groups is 2. The van der Waals surface area contributed by atoms with E-state index in [0.717, 1.165) is 25.9 Å². The van der Waals surface area contributed by atoms with Gasteiger partial charge in [-0.2, -0.15) is 0 Å². The van der Waals surface area contributed by atoms with Gasteiger partial charge in [-0.1, -0.05) is 46.0 Å². The number of nitrogens with one attached hydrogen (secondary N) is 1. The minimum absolute atomic E-state index is 0.336. The Balaban J connectivity index is 2.57. The lowest BCUT2D eigenvalue weighted by Gasteiger charge is -2.26. The van der Waals surface area contributed by atoms with Crippen LogP contribution >= 0.6 is 0 Å². The van der Waals surface area contributed by atoms with E-state index in [2.05, 4.69) is 37.9 Å². The van der Waals surface area contributed by atoms with Crippen molar-refractivity contribution < 1.29 is 19.1 Å². The van der Waals surface area contributed by atoms with Gasteiger partial charge in [-0.3, -0.25) is 4.79 Å². The molecular formula is C22H40N2O4. The number of alkyl carbamates (subject to hydrolysis) is 1. The predicted octanol–water partition coefficient (Wildman–Crippen LogP) is 4.14. The molecule has 162 valence electrons. The number of amides is 1. The van der Waals surface area contributed by atoms with E-state index in [0.29, 0.717) is 25.8 Å². The molecule has 6 nitrogen and oxygen atoms in total. The van der Waals surface area contributed by atoms with Crippen LogP contribution in [0.1, 0.15) is 71.6 Å². The first kappa shape index (κ1) is 24.7. The molecule has 6 heteroatoms. The van der Waals surface area contributed by atoms with Crippen molar-refractivity contribution in [1.82, 2.24) is 10.2 Å². The molecule has 1 amide bonds. The predicted molar refractivity (Wildman–Crippen MR) is 112 cm³/mol. The van der Waals surface area contributed by atoms with Crippen molar-refractivity contribution in [2.24, 2.45) is 5.41 Å². The van der Waals surface area contributed by atoms with Crippen molar-refractivity contribution in [2.45, 2.75) is 83.8 Å². The Kier molecular flexibility index (Phi) is 11.5. The van der Waals surface area contributed by atoms with Crippen LogP contribution in [0.2, 0.25) is 0 Å². The maximum absolute atomic E-state index is 12.6. The van der Waals surface area contributed by atoms with Crippen molar-refractivity contribution >= 4 is 12.1 Å². The molecular weight excluding hydrogens is 356 g/mol. The molecule has 0 heterocycles. The lowest BCUT2D eigenvalue weighted by Crippen LogP contribution is -2.40. The summed E-state index contributed by atoms with van der Waals surface area (Å²) in [5.41, 5.74) is -0.714. The Morgan fingerprint density at radius 2 is 1.71 bits per heavy atom. The quantitative estimate of drug-likeness (QED) is 0.333. The van der Waals surface area contributed by atoms with Crippen LogP contribution in [0.25, 0.3) is 0 Å². The standard InChI is InChI=1S/C22H40N2O4/c1-6-8-9-10-11-12-13-19(22(14-15-22)20(25)27-18(3)4)28-21(26)23-16-17-24(5)7-2/h18-19H,3-4,6-17H2,1-2,5H3,(H,23,26). The van der Waals surface area contributed by atoms with Crippen molar-refractivity contribution in [1.29, 1.82) is 0 Å². The second-order valence-electron chi connectivity index (χ2n) is 7.96. The maximum Gasteiger partial charge on any atom is 0.407 e. The normalized spacial score (nSPS) is 16.1. The molecule has 0 aromatic heterocycles. The highest BCUT2D eigenvalue weighted by atomic mass is 16.6. The average Bonchev–Trinajstić information content (AvgIpc) is 3.44. The molecule has 0 aromatic carbocycles. The molecule has 0 aliphatic heterocycles. The molecule has 1 saturated carbocycles. The fourth-order valence-corrected chi connectivity index (χ4v) is 3.30. The summed E-state index contributed by atoms with van der Waals surface area (Å²) >= 11 is 0. The lowest BCUT2D eigenvalue weighted by atomic mass is 9.93. The SMILES string of the molecule is [CH2]C([CH2])OC(=O)C1(C(CCCCCCCC)OC(=O)NCCN(C)CC)CC1.